The Morgan fingerprint density at radius 3 is 2.95 bits per heavy atom. The first-order valence-corrected chi connectivity index (χ1v) is 6.68. The molecule has 1 N–H and O–H groups in total. The third-order valence-corrected chi connectivity index (χ3v) is 3.64. The van der Waals surface area contributed by atoms with E-state index in [1.165, 1.54) is 29.1 Å². The highest BCUT2D eigenvalue weighted by Gasteiger charge is 2.04. The highest BCUT2D eigenvalue weighted by molar-refractivity contribution is 7.13. The second kappa shape index (κ2) is 6.24. The largest absolute Gasteiger partial charge is 0.271 e. The Morgan fingerprint density at radius 1 is 1.42 bits per heavy atom. The number of rotatable bonds is 4. The van der Waals surface area contributed by atoms with Gasteiger partial charge in [-0.3, -0.25) is 4.79 Å². The molecule has 0 aliphatic carbocycles. The first-order chi connectivity index (χ1) is 9.19. The van der Waals surface area contributed by atoms with Gasteiger partial charge in [0.05, 0.1) is 6.21 Å². The Balaban J connectivity index is 1.96. The van der Waals surface area contributed by atoms with E-state index in [-0.39, 0.29) is 5.56 Å². The Bertz CT molecular complexity index is 607. The summed E-state index contributed by atoms with van der Waals surface area (Å²) in [5.74, 6) is -0.870. The first-order valence-electron chi connectivity index (χ1n) is 5.86. The SMILES string of the molecule is CCc1ccc(C=NNC(=O)c2cccc(F)c2)s1. The smallest absolute Gasteiger partial charge is 0.267 e. The van der Waals surface area contributed by atoms with Crippen LogP contribution >= 0.6 is 11.3 Å². The van der Waals surface area contributed by atoms with E-state index in [9.17, 15) is 9.18 Å². The van der Waals surface area contributed by atoms with Crippen LogP contribution in [0.15, 0.2) is 41.5 Å². The lowest BCUT2D eigenvalue weighted by Gasteiger charge is -1.98. The normalized spacial score (nSPS) is 10.8. The first kappa shape index (κ1) is 13.4. The molecule has 1 heterocycles. The van der Waals surface area contributed by atoms with Crippen molar-refractivity contribution in [2.24, 2.45) is 5.10 Å². The van der Waals surface area contributed by atoms with Gasteiger partial charge in [-0.05, 0) is 36.8 Å². The topological polar surface area (TPSA) is 41.5 Å². The van der Waals surface area contributed by atoms with E-state index in [2.05, 4.69) is 17.5 Å². The second-order valence-corrected chi connectivity index (χ2v) is 5.07. The fourth-order valence-electron chi connectivity index (χ4n) is 1.50. The lowest BCUT2D eigenvalue weighted by Crippen LogP contribution is -2.17. The van der Waals surface area contributed by atoms with Crippen LogP contribution in [0.25, 0.3) is 0 Å². The number of aryl methyl sites for hydroxylation is 1. The maximum atomic E-state index is 12.9. The molecule has 98 valence electrons. The quantitative estimate of drug-likeness (QED) is 0.676. The molecule has 0 aliphatic heterocycles. The van der Waals surface area contributed by atoms with Crippen molar-refractivity contribution in [1.82, 2.24) is 5.43 Å². The van der Waals surface area contributed by atoms with Crippen molar-refractivity contribution in [3.63, 3.8) is 0 Å². The average molecular weight is 276 g/mol. The number of halogens is 1. The minimum atomic E-state index is -0.442. The van der Waals surface area contributed by atoms with E-state index in [0.29, 0.717) is 0 Å². The summed E-state index contributed by atoms with van der Waals surface area (Å²) in [4.78, 5) is 13.9. The number of carbonyl (C=O) groups is 1. The van der Waals surface area contributed by atoms with E-state index < -0.39 is 11.7 Å². The van der Waals surface area contributed by atoms with Gasteiger partial charge in [-0.1, -0.05) is 13.0 Å². The number of hydrazone groups is 1. The number of hydrogen-bond donors (Lipinski definition) is 1. The van der Waals surface area contributed by atoms with Gasteiger partial charge in [0.25, 0.3) is 5.91 Å². The summed E-state index contributed by atoms with van der Waals surface area (Å²) < 4.78 is 12.9. The molecule has 0 saturated carbocycles. The molecule has 2 rings (SSSR count). The predicted octanol–water partition coefficient (Wildman–Crippen LogP) is 3.21. The molecule has 1 aromatic carbocycles. The molecular weight excluding hydrogens is 263 g/mol. The minimum absolute atomic E-state index is 0.248. The average Bonchev–Trinajstić information content (AvgIpc) is 2.86. The zero-order valence-electron chi connectivity index (χ0n) is 10.4. The molecular formula is C14H13FN2OS. The van der Waals surface area contributed by atoms with E-state index in [1.54, 1.807) is 17.6 Å². The molecule has 5 heteroatoms. The Hall–Kier alpha value is -2.01. The van der Waals surface area contributed by atoms with Crippen LogP contribution in [-0.4, -0.2) is 12.1 Å². The number of carbonyl (C=O) groups excluding carboxylic acids is 1. The van der Waals surface area contributed by atoms with Crippen LogP contribution in [-0.2, 0) is 6.42 Å². The van der Waals surface area contributed by atoms with Crippen LogP contribution in [0.5, 0.6) is 0 Å². The Morgan fingerprint density at radius 2 is 2.26 bits per heavy atom. The molecule has 1 aromatic heterocycles. The summed E-state index contributed by atoms with van der Waals surface area (Å²) in [5, 5.41) is 3.86. The summed E-state index contributed by atoms with van der Waals surface area (Å²) in [6, 6.07) is 9.46. The molecule has 0 bridgehead atoms. The van der Waals surface area contributed by atoms with Gasteiger partial charge in [-0.25, -0.2) is 9.82 Å². The lowest BCUT2D eigenvalue weighted by molar-refractivity contribution is 0.0954. The summed E-state index contributed by atoms with van der Waals surface area (Å²) in [5.41, 5.74) is 2.62. The monoisotopic (exact) mass is 276 g/mol. The van der Waals surface area contributed by atoms with Crippen molar-refractivity contribution >= 4 is 23.5 Å². The maximum Gasteiger partial charge on any atom is 0.271 e. The summed E-state index contributed by atoms with van der Waals surface area (Å²) in [6.45, 7) is 2.08. The zero-order valence-corrected chi connectivity index (χ0v) is 11.2. The number of amides is 1. The number of hydrogen-bond acceptors (Lipinski definition) is 3. The van der Waals surface area contributed by atoms with Gasteiger partial charge in [0.15, 0.2) is 0 Å². The lowest BCUT2D eigenvalue weighted by atomic mass is 10.2. The van der Waals surface area contributed by atoms with Crippen molar-refractivity contribution in [3.8, 4) is 0 Å². The van der Waals surface area contributed by atoms with Crippen molar-refractivity contribution in [2.45, 2.75) is 13.3 Å². The Labute approximate surface area is 114 Å². The van der Waals surface area contributed by atoms with Crippen molar-refractivity contribution in [3.05, 3.63) is 57.5 Å². The second-order valence-electron chi connectivity index (χ2n) is 3.87. The van der Waals surface area contributed by atoms with Crippen molar-refractivity contribution < 1.29 is 9.18 Å². The highest BCUT2D eigenvalue weighted by Crippen LogP contribution is 2.14. The fourth-order valence-corrected chi connectivity index (χ4v) is 2.33. The number of thiophene rings is 1. The molecule has 0 unspecified atom stereocenters. The van der Waals surface area contributed by atoms with Crippen LogP contribution in [0.2, 0.25) is 0 Å². The highest BCUT2D eigenvalue weighted by atomic mass is 32.1. The Kier molecular flexibility index (Phi) is 4.41. The third kappa shape index (κ3) is 3.72. The van der Waals surface area contributed by atoms with E-state index in [4.69, 9.17) is 0 Å². The molecule has 2 aromatic rings. The third-order valence-electron chi connectivity index (χ3n) is 2.48. The van der Waals surface area contributed by atoms with Crippen molar-refractivity contribution in [1.29, 1.82) is 0 Å². The predicted molar refractivity (Wildman–Crippen MR) is 75.2 cm³/mol. The van der Waals surface area contributed by atoms with Crippen LogP contribution in [0.4, 0.5) is 4.39 Å². The summed E-state index contributed by atoms with van der Waals surface area (Å²) >= 11 is 1.62. The van der Waals surface area contributed by atoms with Gasteiger partial charge in [-0.2, -0.15) is 5.10 Å². The summed E-state index contributed by atoms with van der Waals surface area (Å²) in [7, 11) is 0. The molecule has 0 radical (unpaired) electrons. The van der Waals surface area contributed by atoms with Gasteiger partial charge in [-0.15, -0.1) is 11.3 Å². The van der Waals surface area contributed by atoms with E-state index >= 15 is 0 Å². The van der Waals surface area contributed by atoms with E-state index in [1.807, 2.05) is 12.1 Å². The standard InChI is InChI=1S/C14H13FN2OS/c1-2-12-6-7-13(19-12)9-16-17-14(18)10-4-3-5-11(15)8-10/h3-9H,2H2,1H3,(H,17,18). The maximum absolute atomic E-state index is 12.9. The van der Waals surface area contributed by atoms with Crippen LogP contribution in [0.1, 0.15) is 27.0 Å². The zero-order chi connectivity index (χ0) is 13.7. The number of nitrogens with zero attached hydrogens (tertiary/aromatic N) is 1. The van der Waals surface area contributed by atoms with Gasteiger partial charge in [0.1, 0.15) is 5.82 Å². The molecule has 0 saturated heterocycles. The molecule has 0 spiro atoms. The van der Waals surface area contributed by atoms with Crippen LogP contribution < -0.4 is 5.43 Å². The number of nitrogens with one attached hydrogen (secondary N) is 1. The molecule has 0 atom stereocenters. The van der Waals surface area contributed by atoms with E-state index in [0.717, 1.165) is 11.3 Å². The number of benzene rings is 1. The van der Waals surface area contributed by atoms with Gasteiger partial charge >= 0.3 is 0 Å². The van der Waals surface area contributed by atoms with Crippen LogP contribution in [0.3, 0.4) is 0 Å². The van der Waals surface area contributed by atoms with Gasteiger partial charge < -0.3 is 0 Å². The molecule has 0 aliphatic rings. The van der Waals surface area contributed by atoms with Crippen LogP contribution in [0, 0.1) is 5.82 Å². The van der Waals surface area contributed by atoms with Gasteiger partial charge in [0, 0.05) is 15.3 Å². The molecule has 19 heavy (non-hydrogen) atoms. The minimum Gasteiger partial charge on any atom is -0.267 e. The molecule has 1 amide bonds. The summed E-state index contributed by atoms with van der Waals surface area (Å²) in [6.07, 6.45) is 2.56. The fraction of sp³-hybridized carbons (Fsp3) is 0.143. The molecule has 0 fully saturated rings. The van der Waals surface area contributed by atoms with Crippen molar-refractivity contribution in [2.75, 3.05) is 0 Å². The molecule has 3 nitrogen and oxygen atoms in total. The van der Waals surface area contributed by atoms with Gasteiger partial charge in [0.2, 0.25) is 0 Å².